The predicted octanol–water partition coefficient (Wildman–Crippen LogP) is 4.98. The van der Waals surface area contributed by atoms with Gasteiger partial charge in [0, 0.05) is 12.6 Å². The van der Waals surface area contributed by atoms with Gasteiger partial charge < -0.3 is 4.90 Å². The second-order valence-corrected chi connectivity index (χ2v) is 5.15. The molecule has 1 unspecified atom stereocenters. The molecule has 0 aliphatic rings. The van der Waals surface area contributed by atoms with Crippen molar-refractivity contribution in [1.82, 2.24) is 0 Å². The minimum atomic E-state index is -4.42. The molecule has 0 aliphatic heterocycles. The summed E-state index contributed by atoms with van der Waals surface area (Å²) in [5.74, 6) is 0. The minimum absolute atomic E-state index is 0.0845. The Hall–Kier alpha value is -1.70. The molecule has 1 atom stereocenters. The first-order chi connectivity index (χ1) is 9.85. The Kier molecular flexibility index (Phi) is 6.07. The maximum Gasteiger partial charge on any atom is 0.416 e. The van der Waals surface area contributed by atoms with Crippen LogP contribution in [0.2, 0.25) is 0 Å². The number of hydrogen-bond acceptors (Lipinski definition) is 2. The van der Waals surface area contributed by atoms with Crippen LogP contribution < -0.4 is 4.90 Å². The molecule has 5 heteroatoms. The van der Waals surface area contributed by atoms with Crippen LogP contribution in [0.4, 0.5) is 18.9 Å². The Bertz CT molecular complexity index is 503. The van der Waals surface area contributed by atoms with Gasteiger partial charge >= 0.3 is 6.18 Å². The summed E-state index contributed by atoms with van der Waals surface area (Å²) in [6, 6.07) is 5.50. The van der Waals surface area contributed by atoms with Crippen LogP contribution in [0, 0.1) is 11.3 Å². The number of rotatable bonds is 6. The molecule has 116 valence electrons. The van der Waals surface area contributed by atoms with Gasteiger partial charge in [0.15, 0.2) is 0 Å². The van der Waals surface area contributed by atoms with E-state index >= 15 is 0 Å². The third-order valence-electron chi connectivity index (χ3n) is 3.63. The van der Waals surface area contributed by atoms with Crippen LogP contribution >= 0.6 is 0 Å². The van der Waals surface area contributed by atoms with E-state index in [1.807, 2.05) is 24.8 Å². The maximum absolute atomic E-state index is 12.7. The predicted molar refractivity (Wildman–Crippen MR) is 78.2 cm³/mol. The van der Waals surface area contributed by atoms with E-state index in [-0.39, 0.29) is 11.6 Å². The molecule has 1 rings (SSSR count). The Morgan fingerprint density at radius 2 is 1.95 bits per heavy atom. The number of halogens is 3. The summed E-state index contributed by atoms with van der Waals surface area (Å²) in [6.45, 7) is 6.85. The normalized spacial score (nSPS) is 12.8. The molecule has 0 amide bonds. The lowest BCUT2D eigenvalue weighted by Crippen LogP contribution is -2.34. The van der Waals surface area contributed by atoms with Crippen molar-refractivity contribution in [2.45, 2.75) is 52.3 Å². The Labute approximate surface area is 124 Å². The molecule has 0 spiro atoms. The lowest BCUT2D eigenvalue weighted by Gasteiger charge is -2.31. The van der Waals surface area contributed by atoms with Crippen molar-refractivity contribution in [3.63, 3.8) is 0 Å². The van der Waals surface area contributed by atoms with Crippen LogP contribution in [0.25, 0.3) is 0 Å². The number of hydrogen-bond donors (Lipinski definition) is 0. The van der Waals surface area contributed by atoms with E-state index < -0.39 is 11.7 Å². The lowest BCUT2D eigenvalue weighted by molar-refractivity contribution is -0.137. The van der Waals surface area contributed by atoms with Gasteiger partial charge in [-0.15, -0.1) is 0 Å². The first-order valence-corrected chi connectivity index (χ1v) is 7.23. The third-order valence-corrected chi connectivity index (χ3v) is 3.63. The number of alkyl halides is 3. The zero-order chi connectivity index (χ0) is 16.0. The fourth-order valence-corrected chi connectivity index (χ4v) is 2.18. The highest BCUT2D eigenvalue weighted by Crippen LogP contribution is 2.33. The van der Waals surface area contributed by atoms with Gasteiger partial charge in [-0.25, -0.2) is 0 Å². The number of anilines is 1. The van der Waals surface area contributed by atoms with E-state index in [1.54, 1.807) is 0 Å². The summed E-state index contributed by atoms with van der Waals surface area (Å²) in [7, 11) is 0. The second-order valence-electron chi connectivity index (χ2n) is 5.15. The SMILES string of the molecule is CCCCN(c1ccc(C(F)(F)F)cc1C#N)C(C)CC. The van der Waals surface area contributed by atoms with Crippen molar-refractivity contribution in [2.24, 2.45) is 0 Å². The molecule has 2 nitrogen and oxygen atoms in total. The number of nitrogens with zero attached hydrogens (tertiary/aromatic N) is 2. The van der Waals surface area contributed by atoms with E-state index in [4.69, 9.17) is 0 Å². The lowest BCUT2D eigenvalue weighted by atomic mass is 10.1. The molecule has 0 fully saturated rings. The van der Waals surface area contributed by atoms with Gasteiger partial charge in [0.2, 0.25) is 0 Å². The number of unbranched alkanes of at least 4 members (excludes halogenated alkanes) is 1. The second kappa shape index (κ2) is 7.35. The molecular weight excluding hydrogens is 277 g/mol. The smallest absolute Gasteiger partial charge is 0.368 e. The molecule has 0 N–H and O–H groups in total. The topological polar surface area (TPSA) is 27.0 Å². The van der Waals surface area contributed by atoms with Crippen molar-refractivity contribution in [3.05, 3.63) is 29.3 Å². The summed E-state index contributed by atoms with van der Waals surface area (Å²) < 4.78 is 38.2. The van der Waals surface area contributed by atoms with E-state index in [1.165, 1.54) is 6.07 Å². The molecular formula is C16H21F3N2. The first kappa shape index (κ1) is 17.4. The fraction of sp³-hybridized carbons (Fsp3) is 0.562. The molecule has 0 saturated heterocycles. The van der Waals surface area contributed by atoms with Crippen molar-refractivity contribution < 1.29 is 13.2 Å². The number of benzene rings is 1. The van der Waals surface area contributed by atoms with E-state index in [9.17, 15) is 18.4 Å². The van der Waals surface area contributed by atoms with Gasteiger partial charge in [-0.05, 0) is 38.0 Å². The van der Waals surface area contributed by atoms with E-state index in [2.05, 4.69) is 6.92 Å². The average molecular weight is 298 g/mol. The maximum atomic E-state index is 12.7. The Morgan fingerprint density at radius 1 is 1.29 bits per heavy atom. The molecule has 1 aromatic carbocycles. The zero-order valence-electron chi connectivity index (χ0n) is 12.7. The Morgan fingerprint density at radius 3 is 2.43 bits per heavy atom. The van der Waals surface area contributed by atoms with Crippen molar-refractivity contribution >= 4 is 5.69 Å². The fourth-order valence-electron chi connectivity index (χ4n) is 2.18. The van der Waals surface area contributed by atoms with Crippen LogP contribution in [0.1, 0.15) is 51.2 Å². The summed E-state index contributed by atoms with van der Waals surface area (Å²) in [6.07, 6.45) is -1.62. The van der Waals surface area contributed by atoms with Crippen LogP contribution in [0.15, 0.2) is 18.2 Å². The molecule has 0 aliphatic carbocycles. The highest BCUT2D eigenvalue weighted by atomic mass is 19.4. The molecule has 21 heavy (non-hydrogen) atoms. The van der Waals surface area contributed by atoms with E-state index in [0.717, 1.165) is 37.9 Å². The highest BCUT2D eigenvalue weighted by Gasteiger charge is 2.31. The summed E-state index contributed by atoms with van der Waals surface area (Å²) in [5, 5.41) is 9.19. The van der Waals surface area contributed by atoms with Crippen molar-refractivity contribution in [3.8, 4) is 6.07 Å². The summed E-state index contributed by atoms with van der Waals surface area (Å²) >= 11 is 0. The van der Waals surface area contributed by atoms with Gasteiger partial charge in [0.1, 0.15) is 6.07 Å². The van der Waals surface area contributed by atoms with Crippen LogP contribution in [-0.4, -0.2) is 12.6 Å². The Balaban J connectivity index is 3.22. The number of nitriles is 1. The molecule has 1 aromatic rings. The van der Waals surface area contributed by atoms with Gasteiger partial charge in [0.25, 0.3) is 0 Å². The third kappa shape index (κ3) is 4.38. The van der Waals surface area contributed by atoms with Crippen LogP contribution in [-0.2, 0) is 6.18 Å². The van der Waals surface area contributed by atoms with Crippen molar-refractivity contribution in [2.75, 3.05) is 11.4 Å². The first-order valence-electron chi connectivity index (χ1n) is 7.23. The van der Waals surface area contributed by atoms with Gasteiger partial charge in [-0.3, -0.25) is 0 Å². The average Bonchev–Trinajstić information content (AvgIpc) is 2.46. The van der Waals surface area contributed by atoms with E-state index in [0.29, 0.717) is 5.69 Å². The summed E-state index contributed by atoms with van der Waals surface area (Å²) in [5.41, 5.74) is -0.100. The molecule has 0 aromatic heterocycles. The minimum Gasteiger partial charge on any atom is -0.368 e. The largest absolute Gasteiger partial charge is 0.416 e. The van der Waals surface area contributed by atoms with Gasteiger partial charge in [-0.2, -0.15) is 18.4 Å². The quantitative estimate of drug-likeness (QED) is 0.740. The van der Waals surface area contributed by atoms with Crippen molar-refractivity contribution in [1.29, 1.82) is 5.26 Å². The molecule has 0 saturated carbocycles. The van der Waals surface area contributed by atoms with Gasteiger partial charge in [0.05, 0.1) is 16.8 Å². The molecule has 0 radical (unpaired) electrons. The molecule has 0 heterocycles. The van der Waals surface area contributed by atoms with Crippen LogP contribution in [0.5, 0.6) is 0 Å². The highest BCUT2D eigenvalue weighted by molar-refractivity contribution is 5.61. The van der Waals surface area contributed by atoms with Crippen LogP contribution in [0.3, 0.4) is 0 Å². The monoisotopic (exact) mass is 298 g/mol. The summed E-state index contributed by atoms with van der Waals surface area (Å²) in [4.78, 5) is 2.03. The molecule has 0 bridgehead atoms. The standard InChI is InChI=1S/C16H21F3N2/c1-4-6-9-21(12(3)5-2)15-8-7-14(16(17,18)19)10-13(15)11-20/h7-8,10,12H,4-6,9H2,1-3H3. The van der Waals surface area contributed by atoms with Gasteiger partial charge in [-0.1, -0.05) is 20.3 Å². The zero-order valence-corrected chi connectivity index (χ0v) is 12.7.